The third kappa shape index (κ3) is 9.20. The molecule has 0 aliphatic carbocycles. The summed E-state index contributed by atoms with van der Waals surface area (Å²) in [6.07, 6.45) is 10.1. The number of carboxylic acids is 1. The lowest BCUT2D eigenvalue weighted by molar-refractivity contribution is -0.142. The quantitative estimate of drug-likeness (QED) is 0.525. The Bertz CT molecular complexity index is 189. The molecule has 0 aliphatic heterocycles. The van der Waals surface area contributed by atoms with Crippen LogP contribution in [0.25, 0.3) is 0 Å². The summed E-state index contributed by atoms with van der Waals surface area (Å²) in [4.78, 5) is 10.9. The molecule has 2 atom stereocenters. The van der Waals surface area contributed by atoms with E-state index in [9.17, 15) is 4.79 Å². The van der Waals surface area contributed by atoms with Crippen LogP contribution in [0.4, 0.5) is 0 Å². The van der Waals surface area contributed by atoms with Crippen LogP contribution >= 0.6 is 0 Å². The number of hydrogen-bond acceptors (Lipinski definition) is 1. The van der Waals surface area contributed by atoms with Gasteiger partial charge in [-0.3, -0.25) is 4.79 Å². The van der Waals surface area contributed by atoms with Gasteiger partial charge in [-0.1, -0.05) is 65.7 Å². The van der Waals surface area contributed by atoms with Crippen molar-refractivity contribution >= 4 is 5.97 Å². The highest BCUT2D eigenvalue weighted by Gasteiger charge is 2.15. The minimum atomic E-state index is -0.605. The Morgan fingerprint density at radius 2 is 1.53 bits per heavy atom. The fraction of sp³-hybridized carbons (Fsp3) is 0.933. The molecule has 1 N–H and O–H groups in total. The zero-order valence-corrected chi connectivity index (χ0v) is 11.9. The molecule has 0 rings (SSSR count). The topological polar surface area (TPSA) is 37.3 Å². The average molecular weight is 242 g/mol. The van der Waals surface area contributed by atoms with E-state index in [0.717, 1.165) is 31.6 Å². The first-order valence-electron chi connectivity index (χ1n) is 7.34. The molecule has 0 aromatic heterocycles. The summed E-state index contributed by atoms with van der Waals surface area (Å²) in [6, 6.07) is 0. The highest BCUT2D eigenvalue weighted by Crippen LogP contribution is 2.19. The van der Waals surface area contributed by atoms with Gasteiger partial charge in [0.2, 0.25) is 0 Å². The molecule has 0 bridgehead atoms. The zero-order valence-electron chi connectivity index (χ0n) is 11.9. The minimum Gasteiger partial charge on any atom is -0.481 e. The third-order valence-electron chi connectivity index (χ3n) is 3.52. The van der Waals surface area contributed by atoms with Crippen molar-refractivity contribution in [2.45, 2.75) is 78.6 Å². The highest BCUT2D eigenvalue weighted by atomic mass is 16.4. The maximum absolute atomic E-state index is 10.9. The number of carbonyl (C=O) groups is 1. The molecular weight excluding hydrogens is 212 g/mol. The SMILES string of the molecule is CCCC(C)CCCCCC(CCC)C(=O)O. The van der Waals surface area contributed by atoms with E-state index in [4.69, 9.17) is 5.11 Å². The predicted molar refractivity (Wildman–Crippen MR) is 73.2 cm³/mol. The van der Waals surface area contributed by atoms with Gasteiger partial charge >= 0.3 is 5.97 Å². The van der Waals surface area contributed by atoms with E-state index in [2.05, 4.69) is 20.8 Å². The Morgan fingerprint density at radius 3 is 2.06 bits per heavy atom. The standard InChI is InChI=1S/C15H30O2/c1-4-9-13(3)11-7-6-8-12-14(10-5-2)15(16)17/h13-14H,4-12H2,1-3H3,(H,16,17). The lowest BCUT2D eigenvalue weighted by atomic mass is 9.94. The van der Waals surface area contributed by atoms with E-state index in [-0.39, 0.29) is 5.92 Å². The molecular formula is C15H30O2. The molecule has 0 spiro atoms. The Morgan fingerprint density at radius 1 is 0.941 bits per heavy atom. The molecule has 2 unspecified atom stereocenters. The van der Waals surface area contributed by atoms with Crippen molar-refractivity contribution in [3.05, 3.63) is 0 Å². The normalized spacial score (nSPS) is 14.5. The minimum absolute atomic E-state index is 0.104. The lowest BCUT2D eigenvalue weighted by Gasteiger charge is -2.12. The van der Waals surface area contributed by atoms with E-state index in [0.29, 0.717) is 0 Å². The summed E-state index contributed by atoms with van der Waals surface area (Å²) in [5.74, 6) is 0.130. The number of rotatable bonds is 11. The fourth-order valence-corrected chi connectivity index (χ4v) is 2.44. The first-order chi connectivity index (χ1) is 8.11. The van der Waals surface area contributed by atoms with E-state index in [1.54, 1.807) is 0 Å². The molecule has 0 fully saturated rings. The van der Waals surface area contributed by atoms with Crippen molar-refractivity contribution < 1.29 is 9.90 Å². The smallest absolute Gasteiger partial charge is 0.306 e. The van der Waals surface area contributed by atoms with Gasteiger partial charge in [0.05, 0.1) is 5.92 Å². The molecule has 0 radical (unpaired) electrons. The molecule has 0 amide bonds. The van der Waals surface area contributed by atoms with Crippen LogP contribution in [-0.4, -0.2) is 11.1 Å². The lowest BCUT2D eigenvalue weighted by Crippen LogP contribution is -2.13. The number of unbranched alkanes of at least 4 members (excludes halogenated alkanes) is 2. The summed E-state index contributed by atoms with van der Waals surface area (Å²) in [5.41, 5.74) is 0. The molecule has 2 nitrogen and oxygen atoms in total. The van der Waals surface area contributed by atoms with Gasteiger partial charge in [-0.05, 0) is 18.8 Å². The van der Waals surface area contributed by atoms with Gasteiger partial charge in [0, 0.05) is 0 Å². The molecule has 0 aromatic carbocycles. The molecule has 0 heterocycles. The largest absolute Gasteiger partial charge is 0.481 e. The van der Waals surface area contributed by atoms with Crippen molar-refractivity contribution in [2.75, 3.05) is 0 Å². The van der Waals surface area contributed by atoms with Gasteiger partial charge in [0.1, 0.15) is 0 Å². The molecule has 0 saturated carbocycles. The number of aliphatic carboxylic acids is 1. The van der Waals surface area contributed by atoms with Crippen molar-refractivity contribution in [2.24, 2.45) is 11.8 Å². The van der Waals surface area contributed by atoms with Gasteiger partial charge in [-0.2, -0.15) is 0 Å². The molecule has 17 heavy (non-hydrogen) atoms. The Kier molecular flexibility index (Phi) is 10.3. The second-order valence-corrected chi connectivity index (χ2v) is 5.36. The summed E-state index contributed by atoms with van der Waals surface area (Å²) >= 11 is 0. The Balaban J connectivity index is 3.51. The monoisotopic (exact) mass is 242 g/mol. The highest BCUT2D eigenvalue weighted by molar-refractivity contribution is 5.69. The van der Waals surface area contributed by atoms with Crippen molar-refractivity contribution in [1.29, 1.82) is 0 Å². The van der Waals surface area contributed by atoms with Gasteiger partial charge in [-0.25, -0.2) is 0 Å². The second kappa shape index (κ2) is 10.6. The molecule has 2 heteroatoms. The van der Waals surface area contributed by atoms with Crippen LogP contribution in [0.5, 0.6) is 0 Å². The van der Waals surface area contributed by atoms with Crippen molar-refractivity contribution in [3.8, 4) is 0 Å². The maximum atomic E-state index is 10.9. The first kappa shape index (κ1) is 16.5. The summed E-state index contributed by atoms with van der Waals surface area (Å²) < 4.78 is 0. The Hall–Kier alpha value is -0.530. The number of hydrogen-bond donors (Lipinski definition) is 1. The molecule has 0 aliphatic rings. The molecule has 0 aromatic rings. The van der Waals surface area contributed by atoms with Gasteiger partial charge in [0.25, 0.3) is 0 Å². The first-order valence-corrected chi connectivity index (χ1v) is 7.34. The summed E-state index contributed by atoms with van der Waals surface area (Å²) in [6.45, 7) is 6.61. The van der Waals surface area contributed by atoms with Crippen molar-refractivity contribution in [1.82, 2.24) is 0 Å². The second-order valence-electron chi connectivity index (χ2n) is 5.36. The molecule has 0 saturated heterocycles. The van der Waals surface area contributed by atoms with E-state index >= 15 is 0 Å². The van der Waals surface area contributed by atoms with Gasteiger partial charge in [0.15, 0.2) is 0 Å². The van der Waals surface area contributed by atoms with Crippen LogP contribution in [0, 0.1) is 11.8 Å². The van der Waals surface area contributed by atoms with Gasteiger partial charge in [-0.15, -0.1) is 0 Å². The zero-order chi connectivity index (χ0) is 13.1. The van der Waals surface area contributed by atoms with Crippen LogP contribution in [0.2, 0.25) is 0 Å². The Labute approximate surface area is 107 Å². The molecule has 102 valence electrons. The van der Waals surface area contributed by atoms with E-state index in [1.165, 1.54) is 32.1 Å². The van der Waals surface area contributed by atoms with Crippen molar-refractivity contribution in [3.63, 3.8) is 0 Å². The van der Waals surface area contributed by atoms with Crippen LogP contribution < -0.4 is 0 Å². The van der Waals surface area contributed by atoms with Crippen LogP contribution in [0.1, 0.15) is 78.6 Å². The third-order valence-corrected chi connectivity index (χ3v) is 3.52. The number of carboxylic acid groups (broad SMARTS) is 1. The summed E-state index contributed by atoms with van der Waals surface area (Å²) in [5, 5.41) is 9.02. The van der Waals surface area contributed by atoms with E-state index < -0.39 is 5.97 Å². The maximum Gasteiger partial charge on any atom is 0.306 e. The van der Waals surface area contributed by atoms with Crippen LogP contribution in [0.3, 0.4) is 0 Å². The average Bonchev–Trinajstić information content (AvgIpc) is 2.27. The van der Waals surface area contributed by atoms with Crippen LogP contribution in [-0.2, 0) is 4.79 Å². The van der Waals surface area contributed by atoms with Gasteiger partial charge < -0.3 is 5.11 Å². The predicted octanol–water partition coefficient (Wildman–Crippen LogP) is 4.87. The van der Waals surface area contributed by atoms with Crippen LogP contribution in [0.15, 0.2) is 0 Å². The summed E-state index contributed by atoms with van der Waals surface area (Å²) in [7, 11) is 0. The fourth-order valence-electron chi connectivity index (χ4n) is 2.44. The van der Waals surface area contributed by atoms with E-state index in [1.807, 2.05) is 0 Å².